The molecule has 1 aromatic rings. The lowest BCUT2D eigenvalue weighted by molar-refractivity contribution is -0.122. The molecule has 3 unspecified atom stereocenters. The van der Waals surface area contributed by atoms with Gasteiger partial charge in [0.15, 0.2) is 0 Å². The number of carbonyl (C=O) groups is 1. The van der Waals surface area contributed by atoms with E-state index in [0.29, 0.717) is 24.4 Å². The number of nitrogens with zero attached hydrogens (tertiary/aromatic N) is 1. The third-order valence-corrected chi connectivity index (χ3v) is 5.46. The van der Waals surface area contributed by atoms with Crippen LogP contribution in [-0.4, -0.2) is 41.5 Å². The molecule has 3 atom stereocenters. The van der Waals surface area contributed by atoms with E-state index in [0.717, 1.165) is 18.4 Å². The smallest absolute Gasteiger partial charge is 0.142 e. The van der Waals surface area contributed by atoms with Crippen molar-refractivity contribution in [3.8, 4) is 0 Å². The summed E-state index contributed by atoms with van der Waals surface area (Å²) < 4.78 is 0. The second-order valence-corrected chi connectivity index (χ2v) is 6.70. The number of hydrogen-bond acceptors (Lipinski definition) is 3. The van der Waals surface area contributed by atoms with Crippen molar-refractivity contribution in [3.05, 3.63) is 35.9 Å². The topological polar surface area (TPSA) is 40.5 Å². The molecular formula is C18H25NO2. The molecule has 1 aromatic carbocycles. The Kier molecular flexibility index (Phi) is 4.41. The monoisotopic (exact) mass is 287 g/mol. The van der Waals surface area contributed by atoms with E-state index in [4.69, 9.17) is 0 Å². The van der Waals surface area contributed by atoms with Crippen molar-refractivity contribution in [2.75, 3.05) is 13.7 Å². The molecule has 0 aromatic heterocycles. The first-order valence-corrected chi connectivity index (χ1v) is 8.09. The molecule has 3 heteroatoms. The summed E-state index contributed by atoms with van der Waals surface area (Å²) >= 11 is 0. The first kappa shape index (κ1) is 14.7. The molecular weight excluding hydrogens is 262 g/mol. The van der Waals surface area contributed by atoms with Crippen LogP contribution in [0.25, 0.3) is 0 Å². The van der Waals surface area contributed by atoms with Gasteiger partial charge in [0.05, 0.1) is 12.5 Å². The summed E-state index contributed by atoms with van der Waals surface area (Å²) in [6, 6.07) is 11.0. The average molecular weight is 287 g/mol. The van der Waals surface area contributed by atoms with Gasteiger partial charge in [-0.05, 0) is 44.2 Å². The quantitative estimate of drug-likeness (QED) is 0.905. The van der Waals surface area contributed by atoms with Crippen LogP contribution in [0.3, 0.4) is 0 Å². The van der Waals surface area contributed by atoms with Crippen LogP contribution in [0.15, 0.2) is 30.3 Å². The van der Waals surface area contributed by atoms with Gasteiger partial charge in [-0.1, -0.05) is 30.3 Å². The summed E-state index contributed by atoms with van der Waals surface area (Å²) in [6.45, 7) is -0.0810. The van der Waals surface area contributed by atoms with Gasteiger partial charge >= 0.3 is 0 Å². The van der Waals surface area contributed by atoms with Gasteiger partial charge < -0.3 is 10.0 Å². The molecule has 3 nitrogen and oxygen atoms in total. The maximum atomic E-state index is 12.6. The van der Waals surface area contributed by atoms with E-state index in [1.807, 2.05) is 30.3 Å². The predicted octanol–water partition coefficient (Wildman–Crippen LogP) is 2.59. The van der Waals surface area contributed by atoms with Crippen LogP contribution in [-0.2, 0) is 4.79 Å². The molecule has 114 valence electrons. The summed E-state index contributed by atoms with van der Waals surface area (Å²) in [5.41, 5.74) is 0.945. The van der Waals surface area contributed by atoms with E-state index in [1.54, 1.807) is 0 Å². The van der Waals surface area contributed by atoms with Crippen LogP contribution in [0.2, 0.25) is 0 Å². The Labute approximate surface area is 127 Å². The molecule has 0 saturated carbocycles. The SMILES string of the molecule is CN1C2CCC1CC(CC(=O)C(CO)c1ccccc1)C2. The number of Topliss-reactive ketones (excluding diaryl/α,β-unsaturated/α-hetero) is 1. The molecule has 0 amide bonds. The van der Waals surface area contributed by atoms with Crippen molar-refractivity contribution in [1.29, 1.82) is 0 Å². The van der Waals surface area contributed by atoms with Crippen molar-refractivity contribution in [1.82, 2.24) is 4.90 Å². The molecule has 2 aliphatic heterocycles. The number of hydrogen-bond donors (Lipinski definition) is 1. The maximum absolute atomic E-state index is 12.6. The highest BCUT2D eigenvalue weighted by molar-refractivity contribution is 5.86. The largest absolute Gasteiger partial charge is 0.395 e. The standard InChI is InChI=1S/C18H25NO2/c1-19-15-7-8-16(19)10-13(9-15)11-18(21)17(12-20)14-5-3-2-4-6-14/h2-6,13,15-17,20H,7-12H2,1H3. The predicted molar refractivity (Wildman–Crippen MR) is 83.2 cm³/mol. The van der Waals surface area contributed by atoms with E-state index < -0.39 is 0 Å². The van der Waals surface area contributed by atoms with Crippen molar-refractivity contribution >= 4 is 5.78 Å². The molecule has 0 spiro atoms. The van der Waals surface area contributed by atoms with Crippen LogP contribution < -0.4 is 0 Å². The molecule has 21 heavy (non-hydrogen) atoms. The van der Waals surface area contributed by atoms with Crippen LogP contribution in [0, 0.1) is 5.92 Å². The zero-order valence-corrected chi connectivity index (χ0v) is 12.7. The fraction of sp³-hybridized carbons (Fsp3) is 0.611. The lowest BCUT2D eigenvalue weighted by Crippen LogP contribution is -2.40. The van der Waals surface area contributed by atoms with Gasteiger partial charge in [0.1, 0.15) is 5.78 Å². The second-order valence-electron chi connectivity index (χ2n) is 6.70. The molecule has 2 heterocycles. The van der Waals surface area contributed by atoms with Gasteiger partial charge in [0.25, 0.3) is 0 Å². The highest BCUT2D eigenvalue weighted by Gasteiger charge is 2.39. The lowest BCUT2D eigenvalue weighted by atomic mass is 9.83. The molecule has 2 bridgehead atoms. The Morgan fingerprint density at radius 2 is 1.86 bits per heavy atom. The summed E-state index contributed by atoms with van der Waals surface area (Å²) in [4.78, 5) is 15.1. The zero-order chi connectivity index (χ0) is 14.8. The highest BCUT2D eigenvalue weighted by Crippen LogP contribution is 2.39. The Morgan fingerprint density at radius 1 is 1.24 bits per heavy atom. The van der Waals surface area contributed by atoms with Crippen LogP contribution in [0.5, 0.6) is 0 Å². The number of carbonyl (C=O) groups excluding carboxylic acids is 1. The molecule has 0 aliphatic carbocycles. The summed E-state index contributed by atoms with van der Waals surface area (Å²) in [5.74, 6) is 0.366. The Bertz CT molecular complexity index is 473. The number of benzene rings is 1. The Morgan fingerprint density at radius 3 is 2.43 bits per heavy atom. The van der Waals surface area contributed by atoms with Gasteiger partial charge in [-0.25, -0.2) is 0 Å². The summed E-state index contributed by atoms with van der Waals surface area (Å²) in [6.07, 6.45) is 5.49. The number of fused-ring (bicyclic) bond motifs is 2. The van der Waals surface area contributed by atoms with Gasteiger partial charge in [-0.15, -0.1) is 0 Å². The molecule has 2 aliphatic rings. The first-order valence-electron chi connectivity index (χ1n) is 8.09. The zero-order valence-electron chi connectivity index (χ0n) is 12.7. The number of rotatable bonds is 5. The van der Waals surface area contributed by atoms with Gasteiger partial charge in [0, 0.05) is 18.5 Å². The first-order chi connectivity index (χ1) is 10.2. The van der Waals surface area contributed by atoms with E-state index >= 15 is 0 Å². The van der Waals surface area contributed by atoms with Crippen LogP contribution >= 0.6 is 0 Å². The van der Waals surface area contributed by atoms with Gasteiger partial charge in [-0.2, -0.15) is 0 Å². The summed E-state index contributed by atoms with van der Waals surface area (Å²) in [7, 11) is 2.22. The van der Waals surface area contributed by atoms with Crippen molar-refractivity contribution < 1.29 is 9.90 Å². The average Bonchev–Trinajstić information content (AvgIpc) is 2.72. The molecule has 0 radical (unpaired) electrons. The fourth-order valence-corrected chi connectivity index (χ4v) is 4.20. The molecule has 2 saturated heterocycles. The highest BCUT2D eigenvalue weighted by atomic mass is 16.3. The maximum Gasteiger partial charge on any atom is 0.142 e. The minimum absolute atomic E-state index is 0.0810. The third kappa shape index (κ3) is 3.04. The van der Waals surface area contributed by atoms with E-state index in [9.17, 15) is 9.90 Å². The fourth-order valence-electron chi connectivity index (χ4n) is 4.20. The van der Waals surface area contributed by atoms with Gasteiger partial charge in [0.2, 0.25) is 0 Å². The molecule has 3 rings (SSSR count). The van der Waals surface area contributed by atoms with Crippen molar-refractivity contribution in [3.63, 3.8) is 0 Å². The van der Waals surface area contributed by atoms with E-state index in [-0.39, 0.29) is 18.3 Å². The minimum Gasteiger partial charge on any atom is -0.395 e. The van der Waals surface area contributed by atoms with E-state index in [2.05, 4.69) is 11.9 Å². The van der Waals surface area contributed by atoms with Gasteiger partial charge in [-0.3, -0.25) is 4.79 Å². The number of aliphatic hydroxyl groups is 1. The third-order valence-electron chi connectivity index (χ3n) is 5.46. The van der Waals surface area contributed by atoms with Crippen molar-refractivity contribution in [2.45, 2.75) is 50.1 Å². The van der Waals surface area contributed by atoms with E-state index in [1.165, 1.54) is 12.8 Å². The van der Waals surface area contributed by atoms with Crippen LogP contribution in [0.4, 0.5) is 0 Å². The Balaban J connectivity index is 1.63. The summed E-state index contributed by atoms with van der Waals surface area (Å²) in [5, 5.41) is 9.61. The molecule has 1 N–H and O–H groups in total. The normalized spacial score (nSPS) is 30.3. The number of aliphatic hydroxyl groups excluding tert-OH is 1. The van der Waals surface area contributed by atoms with Crippen molar-refractivity contribution in [2.24, 2.45) is 5.92 Å². The van der Waals surface area contributed by atoms with Crippen LogP contribution in [0.1, 0.15) is 43.6 Å². The number of ketones is 1. The molecule has 2 fully saturated rings. The lowest BCUT2D eigenvalue weighted by Gasteiger charge is -2.36. The minimum atomic E-state index is -0.344. The number of piperidine rings is 1. The Hall–Kier alpha value is -1.19. The second kappa shape index (κ2) is 6.29.